The van der Waals surface area contributed by atoms with Gasteiger partial charge in [-0.3, -0.25) is 4.79 Å². The Morgan fingerprint density at radius 3 is 2.67 bits per heavy atom. The summed E-state index contributed by atoms with van der Waals surface area (Å²) in [5.74, 6) is 0.939. The Balaban J connectivity index is 1.80. The molecule has 1 amide bonds. The Hall–Kier alpha value is -1.42. The fraction of sp³-hybridized carbons (Fsp3) is 0.588. The van der Waals surface area contributed by atoms with Crippen molar-refractivity contribution >= 4 is 5.91 Å². The fourth-order valence-corrected chi connectivity index (χ4v) is 3.15. The zero-order chi connectivity index (χ0) is 15.4. The van der Waals surface area contributed by atoms with Gasteiger partial charge >= 0.3 is 0 Å². The van der Waals surface area contributed by atoms with Gasteiger partial charge in [0, 0.05) is 33.1 Å². The highest BCUT2D eigenvalue weighted by Gasteiger charge is 2.25. The number of hydrogen-bond donors (Lipinski definition) is 0. The van der Waals surface area contributed by atoms with Crippen LogP contribution in [0.3, 0.4) is 0 Å². The smallest absolute Gasteiger partial charge is 0.219 e. The largest absolute Gasteiger partial charge is 0.343 e. The van der Waals surface area contributed by atoms with E-state index in [1.807, 2.05) is 17.0 Å². The molecule has 116 valence electrons. The minimum atomic E-state index is -0.186. The summed E-state index contributed by atoms with van der Waals surface area (Å²) in [6, 6.07) is 6.77. The number of benzene rings is 1. The molecular formula is C17H25FN2O. The van der Waals surface area contributed by atoms with Crippen molar-refractivity contribution in [2.45, 2.75) is 26.2 Å². The van der Waals surface area contributed by atoms with Crippen LogP contribution < -0.4 is 0 Å². The molecule has 1 fully saturated rings. The molecule has 1 aromatic carbocycles. The molecule has 1 aliphatic rings. The van der Waals surface area contributed by atoms with Crippen LogP contribution in [0.5, 0.6) is 0 Å². The molecule has 0 aromatic heterocycles. The lowest BCUT2D eigenvalue weighted by atomic mass is 10.00. The highest BCUT2D eigenvalue weighted by molar-refractivity contribution is 5.73. The lowest BCUT2D eigenvalue weighted by Crippen LogP contribution is -2.32. The number of hydrogen-bond acceptors (Lipinski definition) is 2. The molecule has 2 rings (SSSR count). The number of carbonyl (C=O) groups excluding carboxylic acids is 1. The fourth-order valence-electron chi connectivity index (χ4n) is 3.15. The molecule has 0 radical (unpaired) electrons. The molecule has 3 nitrogen and oxygen atoms in total. The second kappa shape index (κ2) is 7.03. The third-order valence-corrected chi connectivity index (χ3v) is 4.33. The highest BCUT2D eigenvalue weighted by atomic mass is 19.1. The monoisotopic (exact) mass is 292 g/mol. The molecule has 21 heavy (non-hydrogen) atoms. The van der Waals surface area contributed by atoms with Crippen molar-refractivity contribution in [1.82, 2.24) is 9.80 Å². The molecular weight excluding hydrogens is 267 g/mol. The predicted octanol–water partition coefficient (Wildman–Crippen LogP) is 2.73. The van der Waals surface area contributed by atoms with Gasteiger partial charge in [-0.1, -0.05) is 19.1 Å². The van der Waals surface area contributed by atoms with E-state index in [9.17, 15) is 9.18 Å². The first-order chi connectivity index (χ1) is 9.95. The molecule has 0 saturated carbocycles. The van der Waals surface area contributed by atoms with Crippen molar-refractivity contribution in [1.29, 1.82) is 0 Å². The van der Waals surface area contributed by atoms with Crippen LogP contribution in [-0.2, 0) is 4.79 Å². The Kier molecular flexibility index (Phi) is 5.34. The summed E-state index contributed by atoms with van der Waals surface area (Å²) in [6.07, 6.45) is 1.09. The maximum Gasteiger partial charge on any atom is 0.219 e. The SMILES string of the molecule is CC(=O)N1CC[C@@H](CN(C)C[C@H](C)c2ccc(F)cc2)C1. The van der Waals surface area contributed by atoms with Crippen LogP contribution in [0.2, 0.25) is 0 Å². The molecule has 1 heterocycles. The quantitative estimate of drug-likeness (QED) is 0.833. The molecule has 0 spiro atoms. The van der Waals surface area contributed by atoms with Crippen LogP contribution in [0.4, 0.5) is 4.39 Å². The van der Waals surface area contributed by atoms with Gasteiger partial charge in [-0.2, -0.15) is 0 Å². The summed E-state index contributed by atoms with van der Waals surface area (Å²) in [5, 5.41) is 0. The van der Waals surface area contributed by atoms with E-state index >= 15 is 0 Å². The van der Waals surface area contributed by atoms with Crippen molar-refractivity contribution in [2.24, 2.45) is 5.92 Å². The Labute approximate surface area is 126 Å². The van der Waals surface area contributed by atoms with Crippen molar-refractivity contribution < 1.29 is 9.18 Å². The maximum absolute atomic E-state index is 12.9. The topological polar surface area (TPSA) is 23.6 Å². The van der Waals surface area contributed by atoms with E-state index in [0.717, 1.165) is 32.6 Å². The van der Waals surface area contributed by atoms with Gasteiger partial charge in [-0.05, 0) is 43.0 Å². The van der Waals surface area contributed by atoms with Gasteiger partial charge in [-0.25, -0.2) is 4.39 Å². The van der Waals surface area contributed by atoms with Crippen LogP contribution in [0, 0.1) is 11.7 Å². The van der Waals surface area contributed by atoms with Crippen LogP contribution in [0.25, 0.3) is 0 Å². The van der Waals surface area contributed by atoms with E-state index < -0.39 is 0 Å². The molecule has 0 aliphatic carbocycles. The van der Waals surface area contributed by atoms with Gasteiger partial charge < -0.3 is 9.80 Å². The summed E-state index contributed by atoms with van der Waals surface area (Å²) < 4.78 is 12.9. The van der Waals surface area contributed by atoms with E-state index in [4.69, 9.17) is 0 Å². The number of likely N-dealkylation sites (N-methyl/N-ethyl adjacent to an activating group) is 1. The molecule has 1 aliphatic heterocycles. The number of rotatable bonds is 5. The van der Waals surface area contributed by atoms with Crippen molar-refractivity contribution in [2.75, 3.05) is 33.2 Å². The van der Waals surface area contributed by atoms with Crippen molar-refractivity contribution in [3.63, 3.8) is 0 Å². The second-order valence-corrected chi connectivity index (χ2v) is 6.29. The molecule has 2 atom stereocenters. The van der Waals surface area contributed by atoms with Gasteiger partial charge in [0.1, 0.15) is 5.82 Å². The number of amides is 1. The van der Waals surface area contributed by atoms with E-state index in [1.54, 1.807) is 6.92 Å². The molecule has 0 unspecified atom stereocenters. The summed E-state index contributed by atoms with van der Waals surface area (Å²) in [6.45, 7) is 7.53. The van der Waals surface area contributed by atoms with Crippen LogP contribution in [0.1, 0.15) is 31.7 Å². The normalized spacial score (nSPS) is 20.0. The van der Waals surface area contributed by atoms with Gasteiger partial charge in [0.2, 0.25) is 5.91 Å². The van der Waals surface area contributed by atoms with Gasteiger partial charge in [0.15, 0.2) is 0 Å². The number of carbonyl (C=O) groups is 1. The van der Waals surface area contributed by atoms with Crippen LogP contribution in [-0.4, -0.2) is 48.9 Å². The number of halogens is 1. The van der Waals surface area contributed by atoms with Gasteiger partial charge in [-0.15, -0.1) is 0 Å². The molecule has 0 N–H and O–H groups in total. The Morgan fingerprint density at radius 2 is 2.10 bits per heavy atom. The average molecular weight is 292 g/mol. The summed E-state index contributed by atoms with van der Waals surface area (Å²) in [7, 11) is 2.12. The zero-order valence-corrected chi connectivity index (χ0v) is 13.2. The third-order valence-electron chi connectivity index (χ3n) is 4.33. The lowest BCUT2D eigenvalue weighted by Gasteiger charge is -2.24. The van der Waals surface area contributed by atoms with Gasteiger partial charge in [0.05, 0.1) is 0 Å². The molecule has 4 heteroatoms. The summed E-state index contributed by atoms with van der Waals surface area (Å²) in [5.41, 5.74) is 1.17. The molecule has 1 aromatic rings. The second-order valence-electron chi connectivity index (χ2n) is 6.29. The Bertz CT molecular complexity index is 474. The maximum atomic E-state index is 12.9. The van der Waals surface area contributed by atoms with E-state index in [1.165, 1.54) is 17.7 Å². The highest BCUT2D eigenvalue weighted by Crippen LogP contribution is 2.20. The van der Waals surface area contributed by atoms with Crippen molar-refractivity contribution in [3.05, 3.63) is 35.6 Å². The summed E-state index contributed by atoms with van der Waals surface area (Å²) >= 11 is 0. The number of nitrogens with zero attached hydrogens (tertiary/aromatic N) is 2. The number of likely N-dealkylation sites (tertiary alicyclic amines) is 1. The summed E-state index contributed by atoms with van der Waals surface area (Å²) in [4.78, 5) is 15.6. The van der Waals surface area contributed by atoms with E-state index in [0.29, 0.717) is 11.8 Å². The first-order valence-electron chi connectivity index (χ1n) is 7.65. The van der Waals surface area contributed by atoms with Gasteiger partial charge in [0.25, 0.3) is 0 Å². The Morgan fingerprint density at radius 1 is 1.43 bits per heavy atom. The predicted molar refractivity (Wildman–Crippen MR) is 82.7 cm³/mol. The molecule has 0 bridgehead atoms. The minimum absolute atomic E-state index is 0.180. The van der Waals surface area contributed by atoms with E-state index in [-0.39, 0.29) is 11.7 Å². The minimum Gasteiger partial charge on any atom is -0.343 e. The van der Waals surface area contributed by atoms with Crippen molar-refractivity contribution in [3.8, 4) is 0 Å². The first-order valence-corrected chi connectivity index (χ1v) is 7.65. The van der Waals surface area contributed by atoms with E-state index in [2.05, 4.69) is 18.9 Å². The molecule has 1 saturated heterocycles. The standard InChI is InChI=1S/C17H25FN2O/c1-13(16-4-6-17(18)7-5-16)10-19(3)11-15-8-9-20(12-15)14(2)21/h4-7,13,15H,8-12H2,1-3H3/t13-,15-/m0/s1. The van der Waals surface area contributed by atoms with Crippen LogP contribution in [0.15, 0.2) is 24.3 Å². The average Bonchev–Trinajstić information content (AvgIpc) is 2.87. The van der Waals surface area contributed by atoms with Crippen LogP contribution >= 0.6 is 0 Å². The lowest BCUT2D eigenvalue weighted by molar-refractivity contribution is -0.127. The third kappa shape index (κ3) is 4.53. The zero-order valence-electron chi connectivity index (χ0n) is 13.2. The first kappa shape index (κ1) is 16.0.